The summed E-state index contributed by atoms with van der Waals surface area (Å²) in [6.45, 7) is 7.92. The molecule has 0 spiro atoms. The van der Waals surface area contributed by atoms with Gasteiger partial charge >= 0.3 is 0 Å². The maximum atomic E-state index is 5.84. The van der Waals surface area contributed by atoms with Gasteiger partial charge in [-0.1, -0.05) is 42.0 Å². The first-order chi connectivity index (χ1) is 10.2. The second-order valence-corrected chi connectivity index (χ2v) is 4.93. The van der Waals surface area contributed by atoms with E-state index in [-0.39, 0.29) is 0 Å². The number of hydrogen-bond donors (Lipinski definition) is 0. The van der Waals surface area contributed by atoms with Gasteiger partial charge in [-0.25, -0.2) is 4.98 Å². The van der Waals surface area contributed by atoms with Gasteiger partial charge in [0.1, 0.15) is 5.82 Å². The standard InChI is InChI=1S/C19H16N2/c1-15-11-13-18(14-12-15)21(17-8-4-3-5-9-17)19-10-6-7-16(2)20-19/h2-14H,1H3. The predicted molar refractivity (Wildman–Crippen MR) is 87.1 cm³/mol. The normalized spacial score (nSPS) is 10.4. The highest BCUT2D eigenvalue weighted by molar-refractivity contribution is 5.74. The third kappa shape index (κ3) is 2.95. The van der Waals surface area contributed by atoms with Gasteiger partial charge in [-0.15, -0.1) is 0 Å². The average molecular weight is 272 g/mol. The van der Waals surface area contributed by atoms with E-state index in [1.165, 1.54) is 5.56 Å². The van der Waals surface area contributed by atoms with Crippen LogP contribution in [0.25, 0.3) is 0 Å². The Morgan fingerprint density at radius 1 is 0.762 bits per heavy atom. The molecule has 102 valence electrons. The monoisotopic (exact) mass is 272 g/mol. The summed E-state index contributed by atoms with van der Waals surface area (Å²) in [5.74, 6) is 0.810. The van der Waals surface area contributed by atoms with Crippen LogP contribution in [0.15, 0.2) is 72.8 Å². The molecular weight excluding hydrogens is 256 g/mol. The molecule has 0 atom stereocenters. The van der Waals surface area contributed by atoms with E-state index in [9.17, 15) is 0 Å². The van der Waals surface area contributed by atoms with Gasteiger partial charge in [0.25, 0.3) is 0 Å². The molecule has 0 aliphatic rings. The van der Waals surface area contributed by atoms with Gasteiger partial charge in [0.2, 0.25) is 0 Å². The van der Waals surface area contributed by atoms with E-state index in [0.29, 0.717) is 5.69 Å². The summed E-state index contributed by atoms with van der Waals surface area (Å²) in [6, 6.07) is 24.2. The van der Waals surface area contributed by atoms with Crippen LogP contribution in [0.1, 0.15) is 11.3 Å². The van der Waals surface area contributed by atoms with E-state index in [1.54, 1.807) is 6.07 Å². The smallest absolute Gasteiger partial charge is 0.137 e. The second kappa shape index (κ2) is 5.80. The molecule has 0 saturated carbocycles. The fourth-order valence-electron chi connectivity index (χ4n) is 2.25. The lowest BCUT2D eigenvalue weighted by atomic mass is 10.2. The lowest BCUT2D eigenvalue weighted by Crippen LogP contribution is -2.11. The first-order valence-electron chi connectivity index (χ1n) is 6.88. The Hall–Kier alpha value is -2.61. The molecule has 1 aromatic heterocycles. The van der Waals surface area contributed by atoms with E-state index < -0.39 is 0 Å². The highest BCUT2D eigenvalue weighted by Crippen LogP contribution is 2.32. The summed E-state index contributed by atoms with van der Waals surface area (Å²) in [4.78, 5) is 6.55. The minimum Gasteiger partial charge on any atom is -0.295 e. The molecule has 0 N–H and O–H groups in total. The SMILES string of the molecule is [CH]c1cccc(N(c2ccccc2)c2ccc(C)cc2)n1. The number of hydrogen-bond acceptors (Lipinski definition) is 2. The van der Waals surface area contributed by atoms with Crippen LogP contribution < -0.4 is 4.90 Å². The molecule has 2 heteroatoms. The lowest BCUT2D eigenvalue weighted by Gasteiger charge is -2.24. The van der Waals surface area contributed by atoms with Gasteiger partial charge in [0.15, 0.2) is 0 Å². The molecular formula is C19H16N2. The summed E-state index contributed by atoms with van der Waals surface area (Å²) in [5.41, 5.74) is 3.86. The maximum absolute atomic E-state index is 5.84. The van der Waals surface area contributed by atoms with Gasteiger partial charge in [-0.2, -0.15) is 0 Å². The fourth-order valence-corrected chi connectivity index (χ4v) is 2.25. The van der Waals surface area contributed by atoms with Crippen molar-refractivity contribution >= 4 is 17.2 Å². The molecule has 2 aromatic carbocycles. The number of pyridine rings is 1. The van der Waals surface area contributed by atoms with Gasteiger partial charge in [-0.3, -0.25) is 4.90 Å². The molecule has 0 unspecified atom stereocenters. The van der Waals surface area contributed by atoms with Crippen molar-refractivity contribution in [1.29, 1.82) is 0 Å². The third-order valence-corrected chi connectivity index (χ3v) is 3.29. The number of benzene rings is 2. The van der Waals surface area contributed by atoms with Crippen LogP contribution in [0.2, 0.25) is 0 Å². The predicted octanol–water partition coefficient (Wildman–Crippen LogP) is 4.92. The number of rotatable bonds is 3. The summed E-state index contributed by atoms with van der Waals surface area (Å²) < 4.78 is 0. The number of anilines is 3. The van der Waals surface area contributed by atoms with Crippen LogP contribution in [0.3, 0.4) is 0 Å². The molecule has 2 radical (unpaired) electrons. The number of nitrogens with zero attached hydrogens (tertiary/aromatic N) is 2. The molecule has 21 heavy (non-hydrogen) atoms. The van der Waals surface area contributed by atoms with Crippen LogP contribution in [0.5, 0.6) is 0 Å². The minimum atomic E-state index is 0.514. The van der Waals surface area contributed by atoms with Gasteiger partial charge in [-0.05, 0) is 43.3 Å². The van der Waals surface area contributed by atoms with Crippen molar-refractivity contribution in [3.05, 3.63) is 91.0 Å². The molecule has 0 saturated heterocycles. The second-order valence-electron chi connectivity index (χ2n) is 4.93. The van der Waals surface area contributed by atoms with Crippen LogP contribution >= 0.6 is 0 Å². The Morgan fingerprint density at radius 3 is 2.10 bits per heavy atom. The number of aryl methyl sites for hydroxylation is 1. The molecule has 0 amide bonds. The summed E-state index contributed by atoms with van der Waals surface area (Å²) in [5, 5.41) is 0. The molecule has 0 aliphatic carbocycles. The fraction of sp³-hybridized carbons (Fsp3) is 0.0526. The zero-order chi connectivity index (χ0) is 14.7. The third-order valence-electron chi connectivity index (χ3n) is 3.29. The maximum Gasteiger partial charge on any atom is 0.137 e. The summed E-state index contributed by atoms with van der Waals surface area (Å²) in [7, 11) is 0. The molecule has 3 rings (SSSR count). The van der Waals surface area contributed by atoms with Crippen molar-refractivity contribution < 1.29 is 0 Å². The quantitative estimate of drug-likeness (QED) is 0.672. The van der Waals surface area contributed by atoms with E-state index >= 15 is 0 Å². The number of aromatic nitrogens is 1. The van der Waals surface area contributed by atoms with Crippen LogP contribution in [0.4, 0.5) is 17.2 Å². The zero-order valence-electron chi connectivity index (χ0n) is 11.9. The van der Waals surface area contributed by atoms with Gasteiger partial charge < -0.3 is 0 Å². The highest BCUT2D eigenvalue weighted by atomic mass is 15.2. The summed E-state index contributed by atoms with van der Waals surface area (Å²) in [6.07, 6.45) is 0. The Labute approximate surface area is 125 Å². The molecule has 3 aromatic rings. The van der Waals surface area contributed by atoms with Crippen molar-refractivity contribution in [2.45, 2.75) is 6.92 Å². The Kier molecular flexibility index (Phi) is 3.69. The van der Waals surface area contributed by atoms with Crippen molar-refractivity contribution in [2.24, 2.45) is 0 Å². The first kappa shape index (κ1) is 13.4. The minimum absolute atomic E-state index is 0.514. The first-order valence-corrected chi connectivity index (χ1v) is 6.88. The Bertz CT molecular complexity index is 718. The largest absolute Gasteiger partial charge is 0.295 e. The highest BCUT2D eigenvalue weighted by Gasteiger charge is 2.12. The van der Waals surface area contributed by atoms with Crippen molar-refractivity contribution in [3.63, 3.8) is 0 Å². The van der Waals surface area contributed by atoms with E-state index in [4.69, 9.17) is 6.92 Å². The van der Waals surface area contributed by atoms with E-state index in [2.05, 4.69) is 53.2 Å². The van der Waals surface area contributed by atoms with Gasteiger partial charge in [0, 0.05) is 24.0 Å². The van der Waals surface area contributed by atoms with E-state index in [0.717, 1.165) is 17.2 Å². The van der Waals surface area contributed by atoms with Crippen molar-refractivity contribution in [1.82, 2.24) is 4.98 Å². The Balaban J connectivity index is 2.13. The zero-order valence-corrected chi connectivity index (χ0v) is 11.9. The van der Waals surface area contributed by atoms with Gasteiger partial charge in [0.05, 0.1) is 0 Å². The number of para-hydroxylation sites is 1. The Morgan fingerprint density at radius 2 is 1.43 bits per heavy atom. The molecule has 0 fully saturated rings. The van der Waals surface area contributed by atoms with Crippen LogP contribution in [0, 0.1) is 13.8 Å². The van der Waals surface area contributed by atoms with E-state index in [1.807, 2.05) is 30.3 Å². The van der Waals surface area contributed by atoms with Crippen LogP contribution in [-0.2, 0) is 0 Å². The topological polar surface area (TPSA) is 16.1 Å². The molecule has 1 heterocycles. The van der Waals surface area contributed by atoms with Crippen LogP contribution in [-0.4, -0.2) is 4.98 Å². The average Bonchev–Trinajstić information content (AvgIpc) is 2.51. The molecule has 0 bridgehead atoms. The molecule has 2 nitrogen and oxygen atoms in total. The van der Waals surface area contributed by atoms with Crippen molar-refractivity contribution in [3.8, 4) is 0 Å². The summed E-state index contributed by atoms with van der Waals surface area (Å²) >= 11 is 0. The lowest BCUT2D eigenvalue weighted by molar-refractivity contribution is 1.16. The van der Waals surface area contributed by atoms with Crippen molar-refractivity contribution in [2.75, 3.05) is 4.90 Å². The molecule has 0 aliphatic heterocycles.